The quantitative estimate of drug-likeness (QED) is 0.211. The van der Waals surface area contributed by atoms with Crippen LogP contribution in [0.1, 0.15) is 24.2 Å². The van der Waals surface area contributed by atoms with Crippen LogP contribution in [0.3, 0.4) is 0 Å². The molecule has 14 heteroatoms. The molecule has 31 heavy (non-hydrogen) atoms. The Morgan fingerprint density at radius 1 is 1.29 bits per heavy atom. The molecule has 1 aromatic rings. The third kappa shape index (κ3) is 5.07. The summed E-state index contributed by atoms with van der Waals surface area (Å²) in [5.74, 6) is -1.89. The van der Waals surface area contributed by atoms with Gasteiger partial charge in [-0.05, 0) is 26.0 Å². The molecule has 3 rings (SSSR count). The Morgan fingerprint density at radius 2 is 1.94 bits per heavy atom. The average Bonchev–Trinajstić information content (AvgIpc) is 3.19. The molecule has 0 radical (unpaired) electrons. The summed E-state index contributed by atoms with van der Waals surface area (Å²) in [5.41, 5.74) is -0.133. The number of hydrogen-bond acceptors (Lipinski definition) is 10. The standard InChI is InChI=1S/C17H19ClN4O9/c1-17(2)30-11-12(31-17)15(28-13(11)19-16(24)21(20-25)8-7-18)29-14(23)9-3-5-10(6-4-9)22(26)27/h3-6,11-13,15H,7-8H2,1-2H3,(H,19,24)/t11-,12-,13?,15-/m0/s1. The van der Waals surface area contributed by atoms with Crippen molar-refractivity contribution in [3.05, 3.63) is 44.9 Å². The second-order valence-corrected chi connectivity index (χ2v) is 7.42. The highest BCUT2D eigenvalue weighted by molar-refractivity contribution is 6.18. The van der Waals surface area contributed by atoms with Crippen LogP contribution in [0, 0.1) is 15.0 Å². The van der Waals surface area contributed by atoms with Gasteiger partial charge in [-0.2, -0.15) is 5.01 Å². The Balaban J connectivity index is 1.71. The van der Waals surface area contributed by atoms with Crippen LogP contribution in [0.25, 0.3) is 0 Å². The number of nitro groups is 1. The van der Waals surface area contributed by atoms with Gasteiger partial charge < -0.3 is 24.3 Å². The summed E-state index contributed by atoms with van der Waals surface area (Å²) >= 11 is 5.54. The lowest BCUT2D eigenvalue weighted by Gasteiger charge is -2.25. The molecule has 4 atom stereocenters. The number of non-ortho nitro benzene ring substituents is 1. The largest absolute Gasteiger partial charge is 0.429 e. The zero-order valence-electron chi connectivity index (χ0n) is 16.4. The van der Waals surface area contributed by atoms with Crippen LogP contribution >= 0.6 is 11.6 Å². The molecule has 168 valence electrons. The minimum Gasteiger partial charge on any atom is -0.429 e. The number of nitroso groups, excluding NO2 is 1. The number of esters is 1. The number of carbonyl (C=O) groups is 2. The summed E-state index contributed by atoms with van der Waals surface area (Å²) in [4.78, 5) is 45.7. The van der Waals surface area contributed by atoms with Crippen LogP contribution < -0.4 is 5.32 Å². The van der Waals surface area contributed by atoms with E-state index in [-0.39, 0.29) is 23.7 Å². The lowest BCUT2D eigenvalue weighted by atomic mass is 10.2. The number of halogens is 1. The van der Waals surface area contributed by atoms with E-state index in [4.69, 9.17) is 30.5 Å². The van der Waals surface area contributed by atoms with E-state index in [0.717, 1.165) is 12.1 Å². The lowest BCUT2D eigenvalue weighted by molar-refractivity contribution is -0.384. The summed E-state index contributed by atoms with van der Waals surface area (Å²) in [7, 11) is 0. The van der Waals surface area contributed by atoms with Gasteiger partial charge in [0.25, 0.3) is 5.69 Å². The molecule has 0 bridgehead atoms. The number of alkyl halides is 1. The van der Waals surface area contributed by atoms with Crippen molar-refractivity contribution in [1.29, 1.82) is 0 Å². The van der Waals surface area contributed by atoms with Crippen LogP contribution in [0.15, 0.2) is 29.6 Å². The van der Waals surface area contributed by atoms with E-state index in [1.54, 1.807) is 13.8 Å². The normalized spacial score (nSPS) is 26.0. The molecule has 0 spiro atoms. The molecule has 1 unspecified atom stereocenters. The topological polar surface area (TPSA) is 159 Å². The maximum atomic E-state index is 12.5. The Morgan fingerprint density at radius 3 is 2.52 bits per heavy atom. The number of nitrogens with one attached hydrogen (secondary N) is 1. The molecular weight excluding hydrogens is 440 g/mol. The minimum atomic E-state index is -1.26. The summed E-state index contributed by atoms with van der Waals surface area (Å²) in [6, 6.07) is 3.92. The van der Waals surface area contributed by atoms with E-state index in [0.29, 0.717) is 5.01 Å². The van der Waals surface area contributed by atoms with E-state index < -0.39 is 47.4 Å². The summed E-state index contributed by atoms with van der Waals surface area (Å²) in [5, 5.41) is 16.3. The van der Waals surface area contributed by atoms with E-state index in [2.05, 4.69) is 10.6 Å². The van der Waals surface area contributed by atoms with Gasteiger partial charge in [-0.15, -0.1) is 16.5 Å². The average molecular weight is 459 g/mol. The fourth-order valence-electron chi connectivity index (χ4n) is 3.12. The third-order valence-electron chi connectivity index (χ3n) is 4.44. The number of urea groups is 1. The highest BCUT2D eigenvalue weighted by Gasteiger charge is 2.57. The summed E-state index contributed by atoms with van der Waals surface area (Å²) in [6.45, 7) is 3.14. The van der Waals surface area contributed by atoms with Gasteiger partial charge >= 0.3 is 12.0 Å². The summed E-state index contributed by atoms with van der Waals surface area (Å²) < 4.78 is 22.4. The molecule has 1 N–H and O–H groups in total. The van der Waals surface area contributed by atoms with E-state index in [1.165, 1.54) is 12.1 Å². The molecule has 2 aliphatic rings. The van der Waals surface area contributed by atoms with Gasteiger partial charge in [-0.25, -0.2) is 9.59 Å². The fourth-order valence-corrected chi connectivity index (χ4v) is 3.28. The number of hydrogen-bond donors (Lipinski definition) is 1. The lowest BCUT2D eigenvalue weighted by Crippen LogP contribution is -2.48. The van der Waals surface area contributed by atoms with Crippen LogP contribution in [0.5, 0.6) is 0 Å². The van der Waals surface area contributed by atoms with Gasteiger partial charge in [-0.3, -0.25) is 10.1 Å². The second-order valence-electron chi connectivity index (χ2n) is 7.04. The number of fused-ring (bicyclic) bond motifs is 1. The van der Waals surface area contributed by atoms with E-state index >= 15 is 0 Å². The number of rotatable bonds is 7. The maximum Gasteiger partial charge on any atom is 0.342 e. The van der Waals surface area contributed by atoms with Crippen molar-refractivity contribution in [3.63, 3.8) is 0 Å². The number of benzene rings is 1. The van der Waals surface area contributed by atoms with Crippen molar-refractivity contribution in [2.45, 2.75) is 44.4 Å². The molecule has 0 aliphatic carbocycles. The first-order chi connectivity index (χ1) is 14.6. The van der Waals surface area contributed by atoms with Crippen molar-refractivity contribution in [1.82, 2.24) is 10.3 Å². The number of amides is 2. The molecule has 13 nitrogen and oxygen atoms in total. The van der Waals surface area contributed by atoms with Crippen molar-refractivity contribution in [2.24, 2.45) is 5.29 Å². The Bertz CT molecular complexity index is 866. The number of nitrogens with zero attached hydrogens (tertiary/aromatic N) is 3. The first-order valence-electron chi connectivity index (χ1n) is 9.09. The molecule has 2 aliphatic heterocycles. The Hall–Kier alpha value is -2.87. The van der Waals surface area contributed by atoms with Gasteiger partial charge in [0, 0.05) is 18.0 Å². The van der Waals surface area contributed by atoms with E-state index in [1.807, 2.05) is 0 Å². The Kier molecular flexibility index (Phi) is 6.69. The molecule has 2 fully saturated rings. The first kappa shape index (κ1) is 22.8. The molecule has 2 saturated heterocycles. The van der Waals surface area contributed by atoms with Crippen LogP contribution in [0.2, 0.25) is 0 Å². The van der Waals surface area contributed by atoms with Crippen molar-refractivity contribution >= 4 is 29.3 Å². The van der Waals surface area contributed by atoms with E-state index in [9.17, 15) is 24.6 Å². The maximum absolute atomic E-state index is 12.5. The zero-order valence-corrected chi connectivity index (χ0v) is 17.2. The second kappa shape index (κ2) is 9.09. The number of carbonyl (C=O) groups excluding carboxylic acids is 2. The zero-order chi connectivity index (χ0) is 22.8. The van der Waals surface area contributed by atoms with Crippen LogP contribution in [-0.2, 0) is 18.9 Å². The summed E-state index contributed by atoms with van der Waals surface area (Å²) in [6.07, 6.45) is -4.11. The minimum absolute atomic E-state index is 0.0150. The molecule has 0 aromatic heterocycles. The molecule has 0 saturated carbocycles. The number of nitro benzene ring substituents is 1. The predicted octanol–water partition coefficient (Wildman–Crippen LogP) is 1.89. The van der Waals surface area contributed by atoms with Gasteiger partial charge in [0.05, 0.1) is 22.3 Å². The van der Waals surface area contributed by atoms with Crippen molar-refractivity contribution in [3.8, 4) is 0 Å². The third-order valence-corrected chi connectivity index (χ3v) is 4.61. The molecule has 2 heterocycles. The smallest absolute Gasteiger partial charge is 0.342 e. The van der Waals surface area contributed by atoms with Crippen molar-refractivity contribution < 1.29 is 33.5 Å². The van der Waals surface area contributed by atoms with Crippen LogP contribution in [-0.4, -0.2) is 64.9 Å². The van der Waals surface area contributed by atoms with Crippen LogP contribution in [0.4, 0.5) is 10.5 Å². The van der Waals surface area contributed by atoms with Gasteiger partial charge in [0.1, 0.15) is 6.10 Å². The SMILES string of the molecule is CC1(C)O[C@@H]2[C@H](OC(=O)c3ccc([N+](=O)[O-])cc3)OC(NC(=O)N(CCCl)N=O)[C@H]2O1. The Labute approximate surface area is 180 Å². The van der Waals surface area contributed by atoms with Gasteiger partial charge in [0.15, 0.2) is 18.1 Å². The van der Waals surface area contributed by atoms with Gasteiger partial charge in [-0.1, -0.05) is 0 Å². The highest BCUT2D eigenvalue weighted by atomic mass is 35.5. The number of ether oxygens (including phenoxy) is 4. The predicted molar refractivity (Wildman–Crippen MR) is 103 cm³/mol. The highest BCUT2D eigenvalue weighted by Crippen LogP contribution is 2.38. The molecular formula is C17H19ClN4O9. The monoisotopic (exact) mass is 458 g/mol. The van der Waals surface area contributed by atoms with Crippen molar-refractivity contribution in [2.75, 3.05) is 12.4 Å². The fraction of sp³-hybridized carbons (Fsp3) is 0.529. The first-order valence-corrected chi connectivity index (χ1v) is 9.62. The molecule has 2 amide bonds. The molecule has 1 aromatic carbocycles. The van der Waals surface area contributed by atoms with Gasteiger partial charge in [0.2, 0.25) is 6.29 Å².